The number of benzene rings is 2. The zero-order chi connectivity index (χ0) is 25.2. The van der Waals surface area contributed by atoms with Gasteiger partial charge >= 0.3 is 0 Å². The lowest BCUT2D eigenvalue weighted by atomic mass is 10.0. The normalized spacial score (nSPS) is 17.7. The van der Waals surface area contributed by atoms with E-state index in [9.17, 15) is 22.8 Å². The molecule has 9 nitrogen and oxygen atoms in total. The molecule has 0 saturated carbocycles. The van der Waals surface area contributed by atoms with E-state index < -0.39 is 28.1 Å². The predicted molar refractivity (Wildman–Crippen MR) is 131 cm³/mol. The molecule has 0 N–H and O–H groups in total. The third kappa shape index (κ3) is 4.73. The standard InChI is InChI=1S/C25H30N4O5S/c1-3-27(4-2)35(33,34)28-16-14-26(15-17-28)25(32)22(18-19-10-6-5-7-11-19)29-23(30)20-12-8-9-13-21(20)24(29)31/h5-13,22H,3-4,14-18H2,1-2H3/t22-/m1/s1. The van der Waals surface area contributed by atoms with Crippen LogP contribution in [0.3, 0.4) is 0 Å². The number of hydrogen-bond donors (Lipinski definition) is 0. The second kappa shape index (κ2) is 10.3. The minimum absolute atomic E-state index is 0.157. The Kier molecular flexibility index (Phi) is 7.34. The van der Waals surface area contributed by atoms with Gasteiger partial charge in [-0.05, 0) is 17.7 Å². The number of piperazine rings is 1. The molecule has 0 radical (unpaired) electrons. The summed E-state index contributed by atoms with van der Waals surface area (Å²) in [6.45, 7) is 5.01. The van der Waals surface area contributed by atoms with E-state index in [1.54, 1.807) is 43.0 Å². The molecule has 1 atom stereocenters. The molecule has 2 aromatic rings. The summed E-state index contributed by atoms with van der Waals surface area (Å²) < 4.78 is 28.5. The summed E-state index contributed by atoms with van der Waals surface area (Å²) in [5, 5.41) is 0. The van der Waals surface area contributed by atoms with Crippen LogP contribution in [0, 0.1) is 0 Å². The van der Waals surface area contributed by atoms with Crippen molar-refractivity contribution in [3.63, 3.8) is 0 Å². The third-order valence-corrected chi connectivity index (χ3v) is 8.79. The summed E-state index contributed by atoms with van der Waals surface area (Å²) in [4.78, 5) is 42.7. The van der Waals surface area contributed by atoms with Gasteiger partial charge in [-0.1, -0.05) is 56.3 Å². The minimum Gasteiger partial charge on any atom is -0.338 e. The van der Waals surface area contributed by atoms with Crippen LogP contribution in [0.1, 0.15) is 40.1 Å². The summed E-state index contributed by atoms with van der Waals surface area (Å²) in [5.41, 5.74) is 1.40. The van der Waals surface area contributed by atoms with Crippen LogP contribution in [0.5, 0.6) is 0 Å². The van der Waals surface area contributed by atoms with Crippen LogP contribution in [-0.4, -0.2) is 89.9 Å². The second-order valence-electron chi connectivity index (χ2n) is 8.55. The summed E-state index contributed by atoms with van der Waals surface area (Å²) >= 11 is 0. The lowest BCUT2D eigenvalue weighted by molar-refractivity contribution is -0.136. The Labute approximate surface area is 206 Å². The molecule has 2 heterocycles. The zero-order valence-corrected chi connectivity index (χ0v) is 20.8. The van der Waals surface area contributed by atoms with Crippen molar-refractivity contribution in [2.45, 2.75) is 26.3 Å². The van der Waals surface area contributed by atoms with E-state index >= 15 is 0 Å². The highest BCUT2D eigenvalue weighted by atomic mass is 32.2. The van der Waals surface area contributed by atoms with E-state index in [1.165, 1.54) is 8.61 Å². The zero-order valence-electron chi connectivity index (χ0n) is 20.0. The van der Waals surface area contributed by atoms with Crippen molar-refractivity contribution < 1.29 is 22.8 Å². The molecule has 0 unspecified atom stereocenters. The second-order valence-corrected chi connectivity index (χ2v) is 10.5. The number of rotatable bonds is 8. The first-order valence-corrected chi connectivity index (χ1v) is 13.2. The van der Waals surface area contributed by atoms with E-state index in [2.05, 4.69) is 0 Å². The first kappa shape index (κ1) is 25.0. The first-order valence-electron chi connectivity index (χ1n) is 11.8. The summed E-state index contributed by atoms with van der Waals surface area (Å²) in [5.74, 6) is -1.33. The number of fused-ring (bicyclic) bond motifs is 1. The van der Waals surface area contributed by atoms with Crippen molar-refractivity contribution in [3.8, 4) is 0 Å². The molecule has 2 aliphatic heterocycles. The Bertz CT molecular complexity index is 1170. The molecule has 0 aromatic heterocycles. The van der Waals surface area contributed by atoms with E-state index in [1.807, 2.05) is 30.3 Å². The van der Waals surface area contributed by atoms with Gasteiger partial charge in [0.25, 0.3) is 22.0 Å². The highest BCUT2D eigenvalue weighted by Gasteiger charge is 2.44. The molecule has 0 bridgehead atoms. The molecule has 3 amide bonds. The Hall–Kier alpha value is -3.08. The van der Waals surface area contributed by atoms with Gasteiger partial charge in [0.05, 0.1) is 11.1 Å². The SMILES string of the molecule is CCN(CC)S(=O)(=O)N1CCN(C(=O)[C@@H](Cc2ccccc2)N2C(=O)c3ccccc3C2=O)CC1. The van der Waals surface area contributed by atoms with Crippen LogP contribution in [0.25, 0.3) is 0 Å². The van der Waals surface area contributed by atoms with Crippen LogP contribution in [0.15, 0.2) is 54.6 Å². The molecule has 1 fully saturated rings. The molecular weight excluding hydrogens is 468 g/mol. The molecule has 4 rings (SSSR count). The molecule has 10 heteroatoms. The summed E-state index contributed by atoms with van der Waals surface area (Å²) in [6, 6.07) is 14.8. The van der Waals surface area contributed by atoms with Gasteiger partial charge in [0.15, 0.2) is 0 Å². The average Bonchev–Trinajstić information content (AvgIpc) is 3.13. The Morgan fingerprint density at radius 2 is 1.37 bits per heavy atom. The number of carbonyl (C=O) groups is 3. The Morgan fingerprint density at radius 1 is 0.857 bits per heavy atom. The van der Waals surface area contributed by atoms with Gasteiger partial charge in [-0.2, -0.15) is 17.0 Å². The summed E-state index contributed by atoms with van der Waals surface area (Å²) in [7, 11) is -3.60. The molecule has 2 aromatic carbocycles. The van der Waals surface area contributed by atoms with Gasteiger partial charge in [0.2, 0.25) is 5.91 Å². The molecule has 0 spiro atoms. The van der Waals surface area contributed by atoms with Gasteiger partial charge in [0, 0.05) is 45.7 Å². The predicted octanol–water partition coefficient (Wildman–Crippen LogP) is 1.62. The number of imide groups is 1. The molecule has 1 saturated heterocycles. The Morgan fingerprint density at radius 3 is 1.89 bits per heavy atom. The maximum absolute atomic E-state index is 13.7. The molecule has 186 valence electrons. The van der Waals surface area contributed by atoms with Crippen LogP contribution in [0.4, 0.5) is 0 Å². The fraction of sp³-hybridized carbons (Fsp3) is 0.400. The van der Waals surface area contributed by atoms with E-state index in [0.717, 1.165) is 10.5 Å². The number of amides is 3. The maximum atomic E-state index is 13.7. The number of hydrogen-bond acceptors (Lipinski definition) is 5. The van der Waals surface area contributed by atoms with E-state index in [0.29, 0.717) is 24.2 Å². The van der Waals surface area contributed by atoms with Crippen LogP contribution >= 0.6 is 0 Å². The fourth-order valence-corrected chi connectivity index (χ4v) is 6.28. The lowest BCUT2D eigenvalue weighted by Crippen LogP contribution is -2.58. The Balaban J connectivity index is 1.57. The van der Waals surface area contributed by atoms with Gasteiger partial charge in [-0.3, -0.25) is 19.3 Å². The number of nitrogens with zero attached hydrogens (tertiary/aromatic N) is 4. The van der Waals surface area contributed by atoms with Crippen molar-refractivity contribution in [1.29, 1.82) is 0 Å². The first-order chi connectivity index (χ1) is 16.8. The van der Waals surface area contributed by atoms with Crippen LogP contribution in [-0.2, 0) is 21.4 Å². The third-order valence-electron chi connectivity index (χ3n) is 6.60. The van der Waals surface area contributed by atoms with Crippen molar-refractivity contribution in [3.05, 3.63) is 71.3 Å². The highest BCUT2D eigenvalue weighted by molar-refractivity contribution is 7.86. The minimum atomic E-state index is -3.60. The fourth-order valence-electron chi connectivity index (χ4n) is 4.68. The van der Waals surface area contributed by atoms with Crippen molar-refractivity contribution in [2.75, 3.05) is 39.3 Å². The van der Waals surface area contributed by atoms with Gasteiger partial charge < -0.3 is 4.90 Å². The van der Waals surface area contributed by atoms with Crippen molar-refractivity contribution >= 4 is 27.9 Å². The number of carbonyl (C=O) groups excluding carboxylic acids is 3. The molecule has 2 aliphatic rings. The average molecular weight is 499 g/mol. The van der Waals surface area contributed by atoms with Crippen molar-refractivity contribution in [2.24, 2.45) is 0 Å². The molecular formula is C25H30N4O5S. The van der Waals surface area contributed by atoms with E-state index in [4.69, 9.17) is 0 Å². The largest absolute Gasteiger partial charge is 0.338 e. The molecule has 0 aliphatic carbocycles. The smallest absolute Gasteiger partial charge is 0.282 e. The van der Waals surface area contributed by atoms with Gasteiger partial charge in [0.1, 0.15) is 6.04 Å². The van der Waals surface area contributed by atoms with Gasteiger partial charge in [-0.25, -0.2) is 0 Å². The quantitative estimate of drug-likeness (QED) is 0.515. The van der Waals surface area contributed by atoms with Crippen LogP contribution < -0.4 is 0 Å². The highest BCUT2D eigenvalue weighted by Crippen LogP contribution is 2.27. The van der Waals surface area contributed by atoms with E-state index in [-0.39, 0.29) is 38.5 Å². The monoisotopic (exact) mass is 498 g/mol. The molecule has 35 heavy (non-hydrogen) atoms. The van der Waals surface area contributed by atoms with Crippen molar-refractivity contribution in [1.82, 2.24) is 18.4 Å². The summed E-state index contributed by atoms with van der Waals surface area (Å²) in [6.07, 6.45) is 0.184. The topological polar surface area (TPSA) is 98.3 Å². The maximum Gasteiger partial charge on any atom is 0.282 e. The van der Waals surface area contributed by atoms with Crippen LogP contribution in [0.2, 0.25) is 0 Å². The van der Waals surface area contributed by atoms with Gasteiger partial charge in [-0.15, -0.1) is 0 Å². The lowest BCUT2D eigenvalue weighted by Gasteiger charge is -2.38.